The molecular weight excluding hydrogens is 283 g/mol. The van der Waals surface area contributed by atoms with Gasteiger partial charge in [-0.2, -0.15) is 5.10 Å². The van der Waals surface area contributed by atoms with Crippen LogP contribution in [0.4, 0.5) is 10.1 Å². The van der Waals surface area contributed by atoms with Gasteiger partial charge in [0.2, 0.25) is 0 Å². The van der Waals surface area contributed by atoms with Gasteiger partial charge in [0.1, 0.15) is 11.5 Å². The van der Waals surface area contributed by atoms with E-state index in [-0.39, 0.29) is 11.7 Å². The summed E-state index contributed by atoms with van der Waals surface area (Å²) in [6, 6.07) is 9.34. The van der Waals surface area contributed by atoms with Gasteiger partial charge in [0.05, 0.1) is 6.20 Å². The maximum atomic E-state index is 13.0. The molecule has 3 rings (SSSR count). The smallest absolute Gasteiger partial charge is 0.276 e. The number of pyridine rings is 1. The summed E-state index contributed by atoms with van der Waals surface area (Å²) >= 11 is 0. The summed E-state index contributed by atoms with van der Waals surface area (Å²) in [5.41, 5.74) is 2.51. The fourth-order valence-electron chi connectivity index (χ4n) is 2.15. The molecule has 0 fully saturated rings. The minimum Gasteiger partial charge on any atom is -0.310 e. The number of carbonyl (C=O) groups is 1. The standard InChI is InChI=1S/C16H13FN4O/c1-21(13-4-2-12(17)3-5-13)16(22)15-14(10-19-20-15)11-6-8-18-9-7-11/h2-10H,1H3,(H,19,20). The number of nitrogens with one attached hydrogen (secondary N) is 1. The molecule has 1 N–H and O–H groups in total. The van der Waals surface area contributed by atoms with Crippen molar-refractivity contribution in [2.75, 3.05) is 11.9 Å². The van der Waals surface area contributed by atoms with Crippen molar-refractivity contribution in [1.29, 1.82) is 0 Å². The average molecular weight is 296 g/mol. The molecule has 2 aromatic heterocycles. The van der Waals surface area contributed by atoms with E-state index in [1.165, 1.54) is 17.0 Å². The van der Waals surface area contributed by atoms with E-state index in [4.69, 9.17) is 0 Å². The zero-order valence-electron chi connectivity index (χ0n) is 11.8. The van der Waals surface area contributed by atoms with Crippen molar-refractivity contribution < 1.29 is 9.18 Å². The van der Waals surface area contributed by atoms with Crippen molar-refractivity contribution in [3.63, 3.8) is 0 Å². The maximum absolute atomic E-state index is 13.0. The Kier molecular flexibility index (Phi) is 3.65. The van der Waals surface area contributed by atoms with Crippen LogP contribution in [-0.4, -0.2) is 28.1 Å². The first kappa shape index (κ1) is 13.9. The van der Waals surface area contributed by atoms with Crippen LogP contribution in [0, 0.1) is 5.82 Å². The van der Waals surface area contributed by atoms with Crippen LogP contribution in [0.2, 0.25) is 0 Å². The predicted molar refractivity (Wildman–Crippen MR) is 81.0 cm³/mol. The molecule has 0 atom stereocenters. The van der Waals surface area contributed by atoms with E-state index in [1.54, 1.807) is 49.9 Å². The van der Waals surface area contributed by atoms with Crippen LogP contribution in [0.1, 0.15) is 10.5 Å². The molecule has 0 saturated heterocycles. The molecule has 2 heterocycles. The molecule has 0 bridgehead atoms. The number of nitrogens with zero attached hydrogens (tertiary/aromatic N) is 3. The molecule has 0 aliphatic heterocycles. The van der Waals surface area contributed by atoms with E-state index in [9.17, 15) is 9.18 Å². The molecule has 0 spiro atoms. The number of hydrogen-bond acceptors (Lipinski definition) is 3. The second-order valence-electron chi connectivity index (χ2n) is 4.74. The highest BCUT2D eigenvalue weighted by Crippen LogP contribution is 2.24. The number of anilines is 1. The van der Waals surface area contributed by atoms with Gasteiger partial charge >= 0.3 is 0 Å². The van der Waals surface area contributed by atoms with Gasteiger partial charge in [0.15, 0.2) is 0 Å². The number of H-pyrrole nitrogens is 1. The summed E-state index contributed by atoms with van der Waals surface area (Å²) in [5.74, 6) is -0.598. The molecule has 110 valence electrons. The average Bonchev–Trinajstić information content (AvgIpc) is 3.04. The third-order valence-electron chi connectivity index (χ3n) is 3.36. The Labute approximate surface area is 126 Å². The zero-order chi connectivity index (χ0) is 15.5. The number of carbonyl (C=O) groups excluding carboxylic acids is 1. The highest BCUT2D eigenvalue weighted by Gasteiger charge is 2.20. The normalized spacial score (nSPS) is 10.5. The van der Waals surface area contributed by atoms with E-state index in [1.807, 2.05) is 0 Å². The quantitative estimate of drug-likeness (QED) is 0.808. The lowest BCUT2D eigenvalue weighted by Crippen LogP contribution is -2.27. The first-order chi connectivity index (χ1) is 10.7. The van der Waals surface area contributed by atoms with Gasteiger partial charge in [-0.05, 0) is 42.0 Å². The van der Waals surface area contributed by atoms with Crippen LogP contribution in [0.15, 0.2) is 55.0 Å². The van der Waals surface area contributed by atoms with Gasteiger partial charge in [0.25, 0.3) is 5.91 Å². The lowest BCUT2D eigenvalue weighted by atomic mass is 10.1. The van der Waals surface area contributed by atoms with Gasteiger partial charge in [-0.1, -0.05) is 0 Å². The first-order valence-corrected chi connectivity index (χ1v) is 6.64. The molecule has 6 heteroatoms. The molecule has 0 saturated carbocycles. The molecular formula is C16H13FN4O. The van der Waals surface area contributed by atoms with Crippen molar-refractivity contribution in [2.45, 2.75) is 0 Å². The third kappa shape index (κ3) is 2.58. The highest BCUT2D eigenvalue weighted by molar-refractivity contribution is 6.08. The summed E-state index contributed by atoms with van der Waals surface area (Å²) in [4.78, 5) is 18.0. The SMILES string of the molecule is CN(C(=O)c1[nH]ncc1-c1ccncc1)c1ccc(F)cc1. The molecule has 0 aliphatic carbocycles. The van der Waals surface area contributed by atoms with Crippen molar-refractivity contribution in [3.8, 4) is 11.1 Å². The van der Waals surface area contributed by atoms with Gasteiger partial charge in [-0.3, -0.25) is 14.9 Å². The van der Waals surface area contributed by atoms with Crippen LogP contribution in [0.3, 0.4) is 0 Å². The summed E-state index contributed by atoms with van der Waals surface area (Å²) in [6.07, 6.45) is 4.90. The van der Waals surface area contributed by atoms with Crippen molar-refractivity contribution >= 4 is 11.6 Å². The fraction of sp³-hybridized carbons (Fsp3) is 0.0625. The highest BCUT2D eigenvalue weighted by atomic mass is 19.1. The Morgan fingerprint density at radius 3 is 2.50 bits per heavy atom. The third-order valence-corrected chi connectivity index (χ3v) is 3.36. The Hall–Kier alpha value is -3.02. The van der Waals surface area contributed by atoms with Crippen molar-refractivity contribution in [3.05, 3.63) is 66.5 Å². The molecule has 0 aliphatic rings. The van der Waals surface area contributed by atoms with Crippen molar-refractivity contribution in [1.82, 2.24) is 15.2 Å². The van der Waals surface area contributed by atoms with Gasteiger partial charge < -0.3 is 4.90 Å². The summed E-state index contributed by atoms with van der Waals surface area (Å²) < 4.78 is 13.0. The van der Waals surface area contributed by atoms with Gasteiger partial charge in [-0.15, -0.1) is 0 Å². The lowest BCUT2D eigenvalue weighted by molar-refractivity contribution is 0.0989. The summed E-state index contributed by atoms with van der Waals surface area (Å²) in [7, 11) is 1.63. The van der Waals surface area contributed by atoms with Gasteiger partial charge in [-0.25, -0.2) is 4.39 Å². The summed E-state index contributed by atoms with van der Waals surface area (Å²) in [6.45, 7) is 0. The largest absolute Gasteiger partial charge is 0.310 e. The topological polar surface area (TPSA) is 61.9 Å². The molecule has 0 unspecified atom stereocenters. The minimum absolute atomic E-state index is 0.254. The van der Waals surface area contributed by atoms with E-state index >= 15 is 0 Å². The van der Waals surface area contributed by atoms with Gasteiger partial charge in [0, 0.05) is 30.7 Å². The second-order valence-corrected chi connectivity index (χ2v) is 4.74. The van der Waals surface area contributed by atoms with Crippen molar-refractivity contribution in [2.24, 2.45) is 0 Å². The summed E-state index contributed by atoms with van der Waals surface area (Å²) in [5, 5.41) is 6.69. The Morgan fingerprint density at radius 1 is 1.14 bits per heavy atom. The number of hydrogen-bond donors (Lipinski definition) is 1. The Morgan fingerprint density at radius 2 is 1.82 bits per heavy atom. The number of halogens is 1. The first-order valence-electron chi connectivity index (χ1n) is 6.64. The monoisotopic (exact) mass is 296 g/mol. The zero-order valence-corrected chi connectivity index (χ0v) is 11.8. The number of aromatic amines is 1. The predicted octanol–water partition coefficient (Wildman–Crippen LogP) is 2.89. The number of amides is 1. The molecule has 1 amide bonds. The molecule has 0 radical (unpaired) electrons. The molecule has 22 heavy (non-hydrogen) atoms. The maximum Gasteiger partial charge on any atom is 0.276 e. The van der Waals surface area contributed by atoms with Crippen LogP contribution in [0.25, 0.3) is 11.1 Å². The second kappa shape index (κ2) is 5.77. The molecule has 5 nitrogen and oxygen atoms in total. The molecule has 3 aromatic rings. The molecule has 1 aromatic carbocycles. The van der Waals surface area contributed by atoms with E-state index < -0.39 is 0 Å². The van der Waals surface area contributed by atoms with Crippen LogP contribution >= 0.6 is 0 Å². The minimum atomic E-state index is -0.344. The van der Waals surface area contributed by atoms with E-state index in [0.717, 1.165) is 5.56 Å². The fourth-order valence-corrected chi connectivity index (χ4v) is 2.15. The number of benzene rings is 1. The Bertz CT molecular complexity index is 783. The number of rotatable bonds is 3. The van der Waals surface area contributed by atoms with Crippen LogP contribution in [-0.2, 0) is 0 Å². The van der Waals surface area contributed by atoms with E-state index in [2.05, 4.69) is 15.2 Å². The number of aromatic nitrogens is 3. The van der Waals surface area contributed by atoms with E-state index in [0.29, 0.717) is 16.9 Å². The lowest BCUT2D eigenvalue weighted by Gasteiger charge is -2.17. The van der Waals surface area contributed by atoms with Crippen LogP contribution in [0.5, 0.6) is 0 Å². The van der Waals surface area contributed by atoms with Crippen LogP contribution < -0.4 is 4.90 Å². The Balaban J connectivity index is 1.93.